The Morgan fingerprint density at radius 3 is 2.14 bits per heavy atom. The van der Waals surface area contributed by atoms with Gasteiger partial charge >= 0.3 is 0 Å². The number of methoxy groups -OCH3 is 1. The van der Waals surface area contributed by atoms with Crippen molar-refractivity contribution in [1.82, 2.24) is 4.98 Å². The molecule has 1 aromatic heterocycles. The van der Waals surface area contributed by atoms with E-state index in [4.69, 9.17) is 13.9 Å². The van der Waals surface area contributed by atoms with Crippen molar-refractivity contribution in [2.45, 2.75) is 38.3 Å². The van der Waals surface area contributed by atoms with Gasteiger partial charge in [0.05, 0.1) is 30.3 Å². The lowest BCUT2D eigenvalue weighted by Crippen LogP contribution is -2.31. The highest BCUT2D eigenvalue weighted by Crippen LogP contribution is 2.30. The van der Waals surface area contributed by atoms with Crippen LogP contribution >= 0.6 is 0 Å². The molecule has 0 aliphatic heterocycles. The maximum Gasteiger partial charge on any atom is 0.264 e. The predicted octanol–water partition coefficient (Wildman–Crippen LogP) is 5.84. The van der Waals surface area contributed by atoms with Crippen molar-refractivity contribution in [1.29, 1.82) is 0 Å². The fraction of sp³-hybridized carbons (Fsp3) is 0.222. The predicted molar refractivity (Wildman–Crippen MR) is 135 cm³/mol. The third-order valence-electron chi connectivity index (χ3n) is 5.35. The summed E-state index contributed by atoms with van der Waals surface area (Å²) in [6.45, 7) is 5.72. The Morgan fingerprint density at radius 2 is 1.54 bits per heavy atom. The Balaban J connectivity index is 1.69. The van der Waals surface area contributed by atoms with Crippen LogP contribution in [0.5, 0.6) is 11.5 Å². The Bertz CT molecular complexity index is 1360. The van der Waals surface area contributed by atoms with Crippen LogP contribution in [-0.2, 0) is 16.6 Å². The van der Waals surface area contributed by atoms with Crippen molar-refractivity contribution in [3.8, 4) is 23.0 Å². The summed E-state index contributed by atoms with van der Waals surface area (Å²) in [5, 5.41) is 0. The summed E-state index contributed by atoms with van der Waals surface area (Å²) in [4.78, 5) is 4.83. The zero-order valence-electron chi connectivity index (χ0n) is 20.1. The highest BCUT2D eigenvalue weighted by Gasteiger charge is 2.27. The average Bonchev–Trinajstić information content (AvgIpc) is 3.23. The molecule has 0 bridgehead atoms. The quantitative estimate of drug-likeness (QED) is 0.292. The average molecular weight is 493 g/mol. The molecule has 182 valence electrons. The van der Waals surface area contributed by atoms with Gasteiger partial charge < -0.3 is 13.9 Å². The van der Waals surface area contributed by atoms with E-state index < -0.39 is 10.0 Å². The summed E-state index contributed by atoms with van der Waals surface area (Å²) in [6.07, 6.45) is 0.0759. The zero-order valence-corrected chi connectivity index (χ0v) is 21.0. The van der Waals surface area contributed by atoms with Gasteiger partial charge in [0.1, 0.15) is 23.0 Å². The summed E-state index contributed by atoms with van der Waals surface area (Å²) < 4.78 is 45.4. The first kappa shape index (κ1) is 24.3. The summed E-state index contributed by atoms with van der Waals surface area (Å²) >= 11 is 0. The van der Waals surface area contributed by atoms with Crippen molar-refractivity contribution in [3.05, 3.63) is 90.3 Å². The van der Waals surface area contributed by atoms with Crippen LogP contribution in [0.2, 0.25) is 0 Å². The second-order valence-electron chi connectivity index (χ2n) is 8.24. The minimum Gasteiger partial charge on any atom is -0.497 e. The molecule has 0 aliphatic carbocycles. The third kappa shape index (κ3) is 5.49. The van der Waals surface area contributed by atoms with E-state index in [1.54, 1.807) is 68.6 Å². The summed E-state index contributed by atoms with van der Waals surface area (Å²) in [5.41, 5.74) is 1.80. The molecular formula is C27H28N2O5S. The van der Waals surface area contributed by atoms with Crippen LogP contribution in [-0.4, -0.2) is 26.6 Å². The van der Waals surface area contributed by atoms with E-state index in [0.29, 0.717) is 28.8 Å². The highest BCUT2D eigenvalue weighted by atomic mass is 32.2. The number of rotatable bonds is 9. The molecule has 0 saturated carbocycles. The van der Waals surface area contributed by atoms with E-state index in [1.807, 2.05) is 38.1 Å². The standard InChI is InChI=1S/C27H28N2O5S/c1-19(2)33-24-14-10-21(11-15-24)27-28-26(20(3)34-27)18-29(22-12-16-23(32-4)17-13-22)35(30,31)25-8-6-5-7-9-25/h5-17,19H,18H2,1-4H3. The molecule has 4 aromatic rings. The fourth-order valence-corrected chi connectivity index (χ4v) is 5.01. The van der Waals surface area contributed by atoms with Crippen molar-refractivity contribution >= 4 is 15.7 Å². The third-order valence-corrected chi connectivity index (χ3v) is 7.14. The maximum absolute atomic E-state index is 13.6. The van der Waals surface area contributed by atoms with Crippen LogP contribution in [0.3, 0.4) is 0 Å². The molecule has 0 atom stereocenters. The number of anilines is 1. The molecule has 7 nitrogen and oxygen atoms in total. The number of hydrogen-bond acceptors (Lipinski definition) is 6. The van der Waals surface area contributed by atoms with E-state index in [0.717, 1.165) is 11.3 Å². The van der Waals surface area contributed by atoms with Gasteiger partial charge in [-0.25, -0.2) is 13.4 Å². The Kier molecular flexibility index (Phi) is 7.12. The van der Waals surface area contributed by atoms with Gasteiger partial charge in [-0.05, 0) is 81.4 Å². The molecule has 0 unspecified atom stereocenters. The first-order valence-electron chi connectivity index (χ1n) is 11.2. The Morgan fingerprint density at radius 1 is 0.914 bits per heavy atom. The number of nitrogens with zero attached hydrogens (tertiary/aromatic N) is 2. The molecule has 8 heteroatoms. The van der Waals surface area contributed by atoms with E-state index >= 15 is 0 Å². The molecule has 0 radical (unpaired) electrons. The van der Waals surface area contributed by atoms with Crippen LogP contribution in [0.1, 0.15) is 25.3 Å². The second-order valence-corrected chi connectivity index (χ2v) is 10.1. The van der Waals surface area contributed by atoms with Crippen molar-refractivity contribution in [2.24, 2.45) is 0 Å². The number of hydrogen-bond donors (Lipinski definition) is 0. The summed E-state index contributed by atoms with van der Waals surface area (Å²) in [5.74, 6) is 2.35. The zero-order chi connectivity index (χ0) is 25.0. The first-order chi connectivity index (χ1) is 16.8. The lowest BCUT2D eigenvalue weighted by molar-refractivity contribution is 0.242. The largest absolute Gasteiger partial charge is 0.497 e. The second kappa shape index (κ2) is 10.2. The van der Waals surface area contributed by atoms with E-state index in [2.05, 4.69) is 4.98 Å². The molecule has 0 spiro atoms. The monoisotopic (exact) mass is 492 g/mol. The Hall–Kier alpha value is -3.78. The molecule has 0 aliphatic rings. The van der Waals surface area contributed by atoms with Crippen LogP contribution in [0, 0.1) is 6.92 Å². The van der Waals surface area contributed by atoms with Gasteiger partial charge in [0.15, 0.2) is 0 Å². The molecule has 3 aromatic carbocycles. The van der Waals surface area contributed by atoms with Gasteiger partial charge in [-0.15, -0.1) is 0 Å². The van der Waals surface area contributed by atoms with Crippen LogP contribution in [0.25, 0.3) is 11.5 Å². The van der Waals surface area contributed by atoms with Crippen LogP contribution < -0.4 is 13.8 Å². The van der Waals surface area contributed by atoms with Crippen molar-refractivity contribution in [2.75, 3.05) is 11.4 Å². The van der Waals surface area contributed by atoms with Gasteiger partial charge in [-0.3, -0.25) is 4.31 Å². The summed E-state index contributed by atoms with van der Waals surface area (Å²) in [6, 6.07) is 22.7. The van der Waals surface area contributed by atoms with Crippen LogP contribution in [0.4, 0.5) is 5.69 Å². The van der Waals surface area contributed by atoms with Gasteiger partial charge in [0, 0.05) is 5.56 Å². The minimum atomic E-state index is -3.87. The fourth-order valence-electron chi connectivity index (χ4n) is 3.57. The van der Waals surface area contributed by atoms with Gasteiger partial charge in [-0.1, -0.05) is 18.2 Å². The van der Waals surface area contributed by atoms with Gasteiger partial charge in [-0.2, -0.15) is 0 Å². The molecule has 1 heterocycles. The number of aryl methyl sites for hydroxylation is 1. The first-order valence-corrected chi connectivity index (χ1v) is 12.7. The molecule has 0 fully saturated rings. The number of sulfonamides is 1. The number of benzene rings is 3. The number of ether oxygens (including phenoxy) is 2. The van der Waals surface area contributed by atoms with Crippen LogP contribution in [0.15, 0.2) is 88.2 Å². The topological polar surface area (TPSA) is 81.9 Å². The number of aromatic nitrogens is 1. The molecule has 0 amide bonds. The summed E-state index contributed by atoms with van der Waals surface area (Å²) in [7, 11) is -2.30. The SMILES string of the molecule is COc1ccc(N(Cc2nc(-c3ccc(OC(C)C)cc3)oc2C)S(=O)(=O)c2ccccc2)cc1. The molecule has 0 N–H and O–H groups in total. The van der Waals surface area contributed by atoms with Gasteiger partial charge in [0.2, 0.25) is 5.89 Å². The molecular weight excluding hydrogens is 464 g/mol. The number of oxazole rings is 1. The lowest BCUT2D eigenvalue weighted by atomic mass is 10.2. The van der Waals surface area contributed by atoms with Crippen molar-refractivity contribution in [3.63, 3.8) is 0 Å². The normalized spacial score (nSPS) is 11.5. The molecule has 0 saturated heterocycles. The smallest absolute Gasteiger partial charge is 0.264 e. The maximum atomic E-state index is 13.6. The minimum absolute atomic E-state index is 0.00737. The highest BCUT2D eigenvalue weighted by molar-refractivity contribution is 7.92. The Labute approximate surface area is 206 Å². The molecule has 35 heavy (non-hydrogen) atoms. The molecule has 4 rings (SSSR count). The van der Waals surface area contributed by atoms with E-state index in [1.165, 1.54) is 4.31 Å². The van der Waals surface area contributed by atoms with E-state index in [9.17, 15) is 8.42 Å². The lowest BCUT2D eigenvalue weighted by Gasteiger charge is -2.24. The van der Waals surface area contributed by atoms with Crippen molar-refractivity contribution < 1.29 is 22.3 Å². The van der Waals surface area contributed by atoms with E-state index in [-0.39, 0.29) is 17.5 Å². The van der Waals surface area contributed by atoms with Gasteiger partial charge in [0.25, 0.3) is 10.0 Å².